The summed E-state index contributed by atoms with van der Waals surface area (Å²) in [6.07, 6.45) is 6.19. The van der Waals surface area contributed by atoms with Crippen LogP contribution in [0, 0.1) is 0 Å². The Morgan fingerprint density at radius 1 is 1.55 bits per heavy atom. The van der Waals surface area contributed by atoms with Gasteiger partial charge in [-0.3, -0.25) is 4.79 Å². The Balaban J connectivity index is 4.45. The van der Waals surface area contributed by atoms with E-state index in [-0.39, 0.29) is 5.78 Å². The van der Waals surface area contributed by atoms with E-state index in [1.165, 1.54) is 6.92 Å². The van der Waals surface area contributed by atoms with E-state index in [2.05, 4.69) is 5.16 Å². The van der Waals surface area contributed by atoms with E-state index >= 15 is 0 Å². The van der Waals surface area contributed by atoms with Gasteiger partial charge in [0, 0.05) is 5.57 Å². The molecule has 0 saturated carbocycles. The van der Waals surface area contributed by atoms with Crippen molar-refractivity contribution in [2.75, 3.05) is 0 Å². The van der Waals surface area contributed by atoms with Crippen molar-refractivity contribution in [1.29, 1.82) is 0 Å². The van der Waals surface area contributed by atoms with E-state index in [4.69, 9.17) is 5.21 Å². The van der Waals surface area contributed by atoms with Gasteiger partial charge in [-0.25, -0.2) is 0 Å². The Bertz CT molecular complexity index is 214. The third-order valence-electron chi connectivity index (χ3n) is 1.07. The molecule has 0 aliphatic carbocycles. The smallest absolute Gasteiger partial charge is 0.161 e. The summed E-state index contributed by atoms with van der Waals surface area (Å²) in [7, 11) is 0. The lowest BCUT2D eigenvalue weighted by molar-refractivity contribution is -0.113. The Morgan fingerprint density at radius 3 is 2.55 bits per heavy atom. The van der Waals surface area contributed by atoms with Gasteiger partial charge >= 0.3 is 0 Å². The van der Waals surface area contributed by atoms with Crippen molar-refractivity contribution in [2.45, 2.75) is 13.8 Å². The monoisotopic (exact) mass is 153 g/mol. The molecule has 0 atom stereocenters. The molecule has 0 aromatic heterocycles. The van der Waals surface area contributed by atoms with Crippen LogP contribution in [-0.2, 0) is 4.79 Å². The molecule has 0 fully saturated rings. The fourth-order valence-electron chi connectivity index (χ4n) is 0.513. The summed E-state index contributed by atoms with van der Waals surface area (Å²) in [5.74, 6) is -0.124. The van der Waals surface area contributed by atoms with Crippen molar-refractivity contribution in [3.05, 3.63) is 23.8 Å². The molecule has 0 aliphatic heterocycles. The van der Waals surface area contributed by atoms with Crippen molar-refractivity contribution >= 4 is 12.0 Å². The molecule has 0 rings (SSSR count). The number of hydrogen-bond acceptors (Lipinski definition) is 3. The topological polar surface area (TPSA) is 49.7 Å². The lowest BCUT2D eigenvalue weighted by Crippen LogP contribution is -1.96. The van der Waals surface area contributed by atoms with Crippen molar-refractivity contribution in [3.8, 4) is 0 Å². The van der Waals surface area contributed by atoms with Crippen LogP contribution >= 0.6 is 0 Å². The first-order valence-corrected chi connectivity index (χ1v) is 3.23. The second-order valence-electron chi connectivity index (χ2n) is 1.95. The second kappa shape index (κ2) is 5.41. The number of hydrogen-bond donors (Lipinski definition) is 1. The van der Waals surface area contributed by atoms with E-state index in [0.717, 1.165) is 6.21 Å². The summed E-state index contributed by atoms with van der Waals surface area (Å²) < 4.78 is 0. The van der Waals surface area contributed by atoms with Crippen LogP contribution in [0.5, 0.6) is 0 Å². The number of oxime groups is 1. The van der Waals surface area contributed by atoms with Crippen molar-refractivity contribution in [3.63, 3.8) is 0 Å². The normalized spacial score (nSPS) is 13.1. The van der Waals surface area contributed by atoms with Gasteiger partial charge in [-0.2, -0.15) is 0 Å². The molecule has 0 aromatic rings. The van der Waals surface area contributed by atoms with Gasteiger partial charge < -0.3 is 5.21 Å². The SMILES string of the molecule is C\C=C/C=C(\C=N\O)C(C)=O. The molecule has 0 spiro atoms. The first-order valence-electron chi connectivity index (χ1n) is 3.23. The second-order valence-corrected chi connectivity index (χ2v) is 1.95. The third-order valence-corrected chi connectivity index (χ3v) is 1.07. The molecule has 0 bridgehead atoms. The minimum absolute atomic E-state index is 0.124. The number of carbonyl (C=O) groups is 1. The molecule has 3 nitrogen and oxygen atoms in total. The Labute approximate surface area is 65.7 Å². The Morgan fingerprint density at radius 2 is 2.18 bits per heavy atom. The van der Waals surface area contributed by atoms with Gasteiger partial charge in [0.2, 0.25) is 0 Å². The van der Waals surface area contributed by atoms with Crippen LogP contribution in [-0.4, -0.2) is 17.2 Å². The van der Waals surface area contributed by atoms with E-state index in [0.29, 0.717) is 5.57 Å². The largest absolute Gasteiger partial charge is 0.411 e. The summed E-state index contributed by atoms with van der Waals surface area (Å²) in [6, 6.07) is 0. The van der Waals surface area contributed by atoms with Crippen LogP contribution in [0.4, 0.5) is 0 Å². The predicted molar refractivity (Wildman–Crippen MR) is 43.9 cm³/mol. The first kappa shape index (κ1) is 9.62. The van der Waals surface area contributed by atoms with Gasteiger partial charge in [0.05, 0.1) is 6.21 Å². The van der Waals surface area contributed by atoms with Crippen LogP contribution in [0.3, 0.4) is 0 Å². The average molecular weight is 153 g/mol. The van der Waals surface area contributed by atoms with Gasteiger partial charge in [0.1, 0.15) is 0 Å². The summed E-state index contributed by atoms with van der Waals surface area (Å²) in [5, 5.41) is 10.9. The highest BCUT2D eigenvalue weighted by atomic mass is 16.4. The van der Waals surface area contributed by atoms with E-state index in [9.17, 15) is 4.79 Å². The molecule has 0 heterocycles. The number of nitrogens with zero attached hydrogens (tertiary/aromatic N) is 1. The maximum atomic E-state index is 10.7. The molecule has 0 unspecified atom stereocenters. The van der Waals surface area contributed by atoms with Gasteiger partial charge in [0.15, 0.2) is 5.78 Å². The lowest BCUT2D eigenvalue weighted by Gasteiger charge is -1.89. The number of ketones is 1. The van der Waals surface area contributed by atoms with Gasteiger partial charge in [0.25, 0.3) is 0 Å². The van der Waals surface area contributed by atoms with Crippen LogP contribution in [0.15, 0.2) is 29.0 Å². The molecule has 0 saturated heterocycles. The third kappa shape index (κ3) is 4.08. The molecule has 0 radical (unpaired) electrons. The standard InChI is InChI=1S/C8H11NO2/c1-3-4-5-8(6-9-11)7(2)10/h3-6,11H,1-2H3/b4-3-,8-5+,9-6+. The van der Waals surface area contributed by atoms with Crippen LogP contribution in [0.25, 0.3) is 0 Å². The molecule has 60 valence electrons. The fraction of sp³-hybridized carbons (Fsp3) is 0.250. The minimum atomic E-state index is -0.124. The Kier molecular flexibility index (Phi) is 4.73. The fourth-order valence-corrected chi connectivity index (χ4v) is 0.513. The van der Waals surface area contributed by atoms with Crippen LogP contribution < -0.4 is 0 Å². The highest BCUT2D eigenvalue weighted by molar-refractivity contribution is 6.12. The van der Waals surface area contributed by atoms with Gasteiger partial charge in [-0.05, 0) is 13.8 Å². The zero-order valence-corrected chi connectivity index (χ0v) is 6.61. The first-order chi connectivity index (χ1) is 5.22. The van der Waals surface area contributed by atoms with Crippen LogP contribution in [0.2, 0.25) is 0 Å². The Hall–Kier alpha value is -1.38. The maximum Gasteiger partial charge on any atom is 0.161 e. The quantitative estimate of drug-likeness (QED) is 0.220. The molecule has 3 heteroatoms. The predicted octanol–water partition coefficient (Wildman–Crippen LogP) is 1.54. The van der Waals surface area contributed by atoms with Crippen LogP contribution in [0.1, 0.15) is 13.8 Å². The van der Waals surface area contributed by atoms with Crippen molar-refractivity contribution in [2.24, 2.45) is 5.16 Å². The number of Topliss-reactive ketones (excluding diaryl/α,β-unsaturated/α-hetero) is 1. The zero-order valence-electron chi connectivity index (χ0n) is 6.61. The molecule has 1 N–H and O–H groups in total. The highest BCUT2D eigenvalue weighted by Gasteiger charge is 1.96. The maximum absolute atomic E-state index is 10.7. The minimum Gasteiger partial charge on any atom is -0.411 e. The molecule has 0 amide bonds. The van der Waals surface area contributed by atoms with E-state index in [1.807, 2.05) is 6.92 Å². The van der Waals surface area contributed by atoms with Gasteiger partial charge in [-0.15, -0.1) is 0 Å². The summed E-state index contributed by atoms with van der Waals surface area (Å²) in [4.78, 5) is 10.7. The van der Waals surface area contributed by atoms with Crippen molar-refractivity contribution in [1.82, 2.24) is 0 Å². The summed E-state index contributed by atoms with van der Waals surface area (Å²) in [5.41, 5.74) is 0.380. The zero-order chi connectivity index (χ0) is 8.69. The number of rotatable bonds is 3. The van der Waals surface area contributed by atoms with E-state index in [1.54, 1.807) is 18.2 Å². The highest BCUT2D eigenvalue weighted by Crippen LogP contribution is 1.92. The van der Waals surface area contributed by atoms with E-state index < -0.39 is 0 Å². The van der Waals surface area contributed by atoms with Gasteiger partial charge in [-0.1, -0.05) is 23.4 Å². The average Bonchev–Trinajstić information content (AvgIpc) is 1.97. The molecule has 0 aliphatic rings. The molecular weight excluding hydrogens is 142 g/mol. The van der Waals surface area contributed by atoms with Crippen molar-refractivity contribution < 1.29 is 10.0 Å². The number of allylic oxidation sites excluding steroid dienone is 4. The molecule has 0 aromatic carbocycles. The molecule has 11 heavy (non-hydrogen) atoms. The molecular formula is C8H11NO2. The lowest BCUT2D eigenvalue weighted by atomic mass is 10.2. The number of carbonyl (C=O) groups excluding carboxylic acids is 1. The summed E-state index contributed by atoms with van der Waals surface area (Å²) >= 11 is 0. The summed E-state index contributed by atoms with van der Waals surface area (Å²) in [6.45, 7) is 3.25.